The number of benzene rings is 2. The average molecular weight is 239 g/mol. The van der Waals surface area contributed by atoms with E-state index in [2.05, 4.69) is 15.0 Å². The fourth-order valence-corrected chi connectivity index (χ4v) is 1.71. The van der Waals surface area contributed by atoms with Crippen molar-refractivity contribution in [2.45, 2.75) is 0 Å². The van der Waals surface area contributed by atoms with Gasteiger partial charge in [0.1, 0.15) is 5.82 Å². The minimum atomic E-state index is -0.294. The monoisotopic (exact) mass is 239 g/mol. The molecule has 1 N–H and O–H groups in total. The van der Waals surface area contributed by atoms with E-state index >= 15 is 0 Å². The Balaban J connectivity index is 1.95. The van der Waals surface area contributed by atoms with Crippen molar-refractivity contribution in [2.75, 3.05) is 0 Å². The summed E-state index contributed by atoms with van der Waals surface area (Å²) in [6.45, 7) is 0. The van der Waals surface area contributed by atoms with Crippen molar-refractivity contribution >= 4 is 23.2 Å². The smallest absolute Gasteiger partial charge is 0.227 e. The molecule has 1 heterocycles. The minimum Gasteiger partial charge on any atom is -0.322 e. The lowest BCUT2D eigenvalue weighted by molar-refractivity contribution is 0.626. The Morgan fingerprint density at radius 1 is 1.06 bits per heavy atom. The van der Waals surface area contributed by atoms with Crippen LogP contribution < -0.4 is 0 Å². The maximum atomic E-state index is 13.4. The third-order valence-electron chi connectivity index (χ3n) is 2.61. The van der Waals surface area contributed by atoms with Crippen LogP contribution in [0.15, 0.2) is 53.5 Å². The first-order chi connectivity index (χ1) is 8.83. The van der Waals surface area contributed by atoms with Crippen molar-refractivity contribution in [3.8, 4) is 0 Å². The van der Waals surface area contributed by atoms with E-state index in [-0.39, 0.29) is 5.82 Å². The van der Waals surface area contributed by atoms with Gasteiger partial charge in [0.05, 0.1) is 11.0 Å². The predicted molar refractivity (Wildman–Crippen MR) is 69.7 cm³/mol. The number of H-pyrrole nitrogens is 1. The molecule has 0 saturated heterocycles. The molecule has 1 aromatic heterocycles. The number of hydrogen-bond acceptors (Lipinski definition) is 2. The van der Waals surface area contributed by atoms with Crippen LogP contribution in [-0.2, 0) is 0 Å². The van der Waals surface area contributed by atoms with Crippen LogP contribution in [0.1, 0.15) is 5.56 Å². The molecule has 3 aromatic rings. The molecule has 0 radical (unpaired) electrons. The third kappa shape index (κ3) is 2.00. The molecule has 0 saturated carbocycles. The fourth-order valence-electron chi connectivity index (χ4n) is 1.71. The van der Waals surface area contributed by atoms with E-state index in [0.717, 1.165) is 11.0 Å². The van der Waals surface area contributed by atoms with Crippen molar-refractivity contribution in [3.63, 3.8) is 0 Å². The second kappa shape index (κ2) is 4.41. The molecular weight excluding hydrogens is 229 g/mol. The molecule has 3 rings (SSSR count). The van der Waals surface area contributed by atoms with E-state index in [1.807, 2.05) is 24.3 Å². The van der Waals surface area contributed by atoms with Crippen LogP contribution in [0.2, 0.25) is 0 Å². The molecule has 0 aliphatic carbocycles. The fraction of sp³-hybridized carbons (Fsp3) is 0. The molecule has 0 amide bonds. The summed E-state index contributed by atoms with van der Waals surface area (Å²) in [5.74, 6) is 0.178. The second-order valence-corrected chi connectivity index (χ2v) is 3.86. The van der Waals surface area contributed by atoms with Crippen LogP contribution in [0.3, 0.4) is 0 Å². The summed E-state index contributed by atoms with van der Waals surface area (Å²) in [6.07, 6.45) is 1.47. The van der Waals surface area contributed by atoms with Crippen LogP contribution in [0.25, 0.3) is 11.0 Å². The number of halogens is 1. The average Bonchev–Trinajstić information content (AvgIpc) is 2.80. The van der Waals surface area contributed by atoms with Crippen LogP contribution in [-0.4, -0.2) is 16.2 Å². The first-order valence-corrected chi connectivity index (χ1v) is 5.56. The summed E-state index contributed by atoms with van der Waals surface area (Å²) in [5, 5.41) is 0. The van der Waals surface area contributed by atoms with Gasteiger partial charge in [-0.2, -0.15) is 0 Å². The highest BCUT2D eigenvalue weighted by Crippen LogP contribution is 2.15. The van der Waals surface area contributed by atoms with Gasteiger partial charge in [-0.15, -0.1) is 0 Å². The van der Waals surface area contributed by atoms with Gasteiger partial charge in [-0.25, -0.2) is 14.4 Å². The van der Waals surface area contributed by atoms with Crippen LogP contribution in [0.4, 0.5) is 10.3 Å². The Bertz CT molecular complexity index is 683. The molecule has 3 nitrogen and oxygen atoms in total. The molecule has 88 valence electrons. The van der Waals surface area contributed by atoms with E-state index < -0.39 is 0 Å². The number of hydrogen-bond donors (Lipinski definition) is 1. The third-order valence-corrected chi connectivity index (χ3v) is 2.61. The van der Waals surface area contributed by atoms with Crippen LogP contribution >= 0.6 is 0 Å². The zero-order valence-corrected chi connectivity index (χ0v) is 9.47. The van der Waals surface area contributed by atoms with Crippen molar-refractivity contribution < 1.29 is 4.39 Å². The lowest BCUT2D eigenvalue weighted by Gasteiger charge is -1.93. The van der Waals surface area contributed by atoms with Gasteiger partial charge < -0.3 is 4.98 Å². The Morgan fingerprint density at radius 3 is 2.67 bits per heavy atom. The minimum absolute atomic E-state index is 0.294. The summed E-state index contributed by atoms with van der Waals surface area (Å²) in [4.78, 5) is 11.5. The number of nitrogens with zero attached hydrogens (tertiary/aromatic N) is 2. The Hall–Kier alpha value is -2.49. The Kier molecular flexibility index (Phi) is 2.61. The van der Waals surface area contributed by atoms with E-state index in [4.69, 9.17) is 0 Å². The summed E-state index contributed by atoms with van der Waals surface area (Å²) in [7, 11) is 0. The molecule has 0 fully saturated rings. The van der Waals surface area contributed by atoms with Gasteiger partial charge >= 0.3 is 0 Å². The molecule has 0 unspecified atom stereocenters. The first kappa shape index (κ1) is 10.7. The number of aliphatic imine (C=N–C) groups is 1. The van der Waals surface area contributed by atoms with Gasteiger partial charge in [0.15, 0.2) is 0 Å². The van der Waals surface area contributed by atoms with E-state index in [1.165, 1.54) is 12.3 Å². The lowest BCUT2D eigenvalue weighted by atomic mass is 10.2. The summed E-state index contributed by atoms with van der Waals surface area (Å²) in [5.41, 5.74) is 2.20. The summed E-state index contributed by atoms with van der Waals surface area (Å²) >= 11 is 0. The van der Waals surface area contributed by atoms with Crippen LogP contribution in [0, 0.1) is 5.82 Å². The number of imidazole rings is 1. The second-order valence-electron chi connectivity index (χ2n) is 3.86. The van der Waals surface area contributed by atoms with Gasteiger partial charge in [0.25, 0.3) is 0 Å². The standard InChI is InChI=1S/C14H10FN3/c15-11-6-2-1-5-10(11)9-16-14-17-12-7-3-4-8-13(12)18-14/h1-9H,(H,17,18). The molecule has 2 aromatic carbocycles. The van der Waals surface area contributed by atoms with Gasteiger partial charge in [-0.3, -0.25) is 0 Å². The summed E-state index contributed by atoms with van der Waals surface area (Å²) in [6, 6.07) is 14.1. The SMILES string of the molecule is Fc1ccccc1C=Nc1nc2ccccc2[nH]1. The maximum absolute atomic E-state index is 13.4. The highest BCUT2D eigenvalue weighted by atomic mass is 19.1. The normalized spacial score (nSPS) is 11.4. The summed E-state index contributed by atoms with van der Waals surface area (Å²) < 4.78 is 13.4. The van der Waals surface area contributed by atoms with Crippen molar-refractivity contribution in [1.82, 2.24) is 9.97 Å². The number of para-hydroxylation sites is 2. The molecule has 0 spiro atoms. The zero-order chi connectivity index (χ0) is 12.4. The van der Waals surface area contributed by atoms with Gasteiger partial charge in [-0.1, -0.05) is 30.3 Å². The number of rotatable bonds is 2. The molecule has 18 heavy (non-hydrogen) atoms. The molecule has 0 atom stereocenters. The van der Waals surface area contributed by atoms with E-state index in [1.54, 1.807) is 18.2 Å². The number of fused-ring (bicyclic) bond motifs is 1. The van der Waals surface area contributed by atoms with E-state index in [9.17, 15) is 4.39 Å². The molecular formula is C14H10FN3. The number of nitrogens with one attached hydrogen (secondary N) is 1. The van der Waals surface area contributed by atoms with Crippen LogP contribution in [0.5, 0.6) is 0 Å². The van der Waals surface area contributed by atoms with Crippen molar-refractivity contribution in [3.05, 3.63) is 59.9 Å². The first-order valence-electron chi connectivity index (χ1n) is 5.56. The maximum Gasteiger partial charge on any atom is 0.227 e. The molecule has 0 bridgehead atoms. The topological polar surface area (TPSA) is 41.0 Å². The van der Waals surface area contributed by atoms with Crippen molar-refractivity contribution in [1.29, 1.82) is 0 Å². The van der Waals surface area contributed by atoms with Gasteiger partial charge in [0, 0.05) is 11.8 Å². The van der Waals surface area contributed by atoms with Gasteiger partial charge in [0.2, 0.25) is 5.95 Å². The lowest BCUT2D eigenvalue weighted by Crippen LogP contribution is -1.86. The zero-order valence-electron chi connectivity index (χ0n) is 9.47. The predicted octanol–water partition coefficient (Wildman–Crippen LogP) is 3.45. The van der Waals surface area contributed by atoms with E-state index in [0.29, 0.717) is 11.5 Å². The molecule has 0 aliphatic rings. The highest BCUT2D eigenvalue weighted by Gasteiger charge is 2.00. The Labute approximate surface area is 103 Å². The molecule has 0 aliphatic heterocycles. The number of aromatic nitrogens is 2. The highest BCUT2D eigenvalue weighted by molar-refractivity contribution is 5.83. The van der Waals surface area contributed by atoms with Gasteiger partial charge in [-0.05, 0) is 18.2 Å². The quantitative estimate of drug-likeness (QED) is 0.683. The van der Waals surface area contributed by atoms with Crippen molar-refractivity contribution in [2.24, 2.45) is 4.99 Å². The largest absolute Gasteiger partial charge is 0.322 e. The Morgan fingerprint density at radius 2 is 1.83 bits per heavy atom. The molecule has 4 heteroatoms. The number of aromatic amines is 1.